The van der Waals surface area contributed by atoms with Crippen LogP contribution in [0.15, 0.2) is 48.5 Å². The summed E-state index contributed by atoms with van der Waals surface area (Å²) < 4.78 is 7.42. The summed E-state index contributed by atoms with van der Waals surface area (Å²) in [7, 11) is 0. The second kappa shape index (κ2) is 29.9. The molecule has 0 aliphatic rings. The highest BCUT2D eigenvalue weighted by Gasteiger charge is 2.23. The highest BCUT2D eigenvalue weighted by atomic mass is 32.1. The number of benzene rings is 2. The monoisotopic (exact) mass is 899 g/mol. The first kappa shape index (κ1) is 53.1. The number of aromatic nitrogens is 4. The van der Waals surface area contributed by atoms with Gasteiger partial charge in [0.05, 0.1) is 12.2 Å². The number of rotatable bonds is 36. The highest BCUT2D eigenvalue weighted by molar-refractivity contribution is 7.15. The van der Waals surface area contributed by atoms with Crippen molar-refractivity contribution in [2.75, 3.05) is 0 Å². The van der Waals surface area contributed by atoms with Gasteiger partial charge in [0, 0.05) is 24.0 Å². The molecule has 4 rings (SSSR count). The van der Waals surface area contributed by atoms with Crippen LogP contribution < -0.4 is 0 Å². The van der Waals surface area contributed by atoms with Crippen molar-refractivity contribution in [1.82, 2.24) is 20.4 Å². The van der Waals surface area contributed by atoms with Crippen LogP contribution in [-0.2, 0) is 17.6 Å². The predicted octanol–water partition coefficient (Wildman–Crippen LogP) is 18.9. The van der Waals surface area contributed by atoms with Gasteiger partial charge < -0.3 is 4.74 Å². The van der Waals surface area contributed by atoms with Crippen LogP contribution in [0.5, 0.6) is 0 Å². The van der Waals surface area contributed by atoms with Gasteiger partial charge in [-0.1, -0.05) is 242 Å². The summed E-state index contributed by atoms with van der Waals surface area (Å²) in [6.07, 6.45) is 34.9. The first-order chi connectivity index (χ1) is 30.6. The van der Waals surface area contributed by atoms with E-state index in [1.54, 1.807) is 22.7 Å². The number of aryl methyl sites for hydroxylation is 2. The summed E-state index contributed by atoms with van der Waals surface area (Å²) in [5.41, 5.74) is 5.72. The van der Waals surface area contributed by atoms with E-state index in [0.717, 1.165) is 56.8 Å². The van der Waals surface area contributed by atoms with Crippen molar-refractivity contribution in [3.05, 3.63) is 69.7 Å². The van der Waals surface area contributed by atoms with Gasteiger partial charge in [0.2, 0.25) is 0 Å². The normalized spacial score (nSPS) is 13.2. The van der Waals surface area contributed by atoms with Gasteiger partial charge in [-0.3, -0.25) is 0 Å². The zero-order chi connectivity index (χ0) is 45.2. The molecule has 352 valence electrons. The Morgan fingerprint density at radius 2 is 0.762 bits per heavy atom. The first-order valence-electron chi connectivity index (χ1n) is 26.1. The summed E-state index contributed by atoms with van der Waals surface area (Å²) in [4.78, 5) is 0. The third-order valence-corrected chi connectivity index (χ3v) is 15.4. The first-order valence-corrected chi connectivity index (χ1v) is 27.7. The van der Waals surface area contributed by atoms with E-state index in [0.29, 0.717) is 10.8 Å². The molecule has 2 aromatic carbocycles. The Morgan fingerprint density at radius 1 is 0.413 bits per heavy atom. The predicted molar refractivity (Wildman–Crippen MR) is 275 cm³/mol. The second-order valence-electron chi connectivity index (χ2n) is 20.4. The van der Waals surface area contributed by atoms with Gasteiger partial charge in [-0.25, -0.2) is 0 Å². The van der Waals surface area contributed by atoms with E-state index >= 15 is 0 Å². The van der Waals surface area contributed by atoms with Gasteiger partial charge >= 0.3 is 0 Å². The lowest BCUT2D eigenvalue weighted by Crippen LogP contribution is -2.13. The van der Waals surface area contributed by atoms with E-state index in [2.05, 4.69) is 124 Å². The van der Waals surface area contributed by atoms with Gasteiger partial charge in [0.15, 0.2) is 0 Å². The van der Waals surface area contributed by atoms with Crippen LogP contribution in [-0.4, -0.2) is 20.4 Å². The van der Waals surface area contributed by atoms with E-state index in [1.165, 1.54) is 165 Å². The lowest BCUT2D eigenvalue weighted by molar-refractivity contribution is -0.0265. The minimum atomic E-state index is 0.0287. The van der Waals surface area contributed by atoms with Gasteiger partial charge in [-0.15, -0.1) is 20.4 Å². The van der Waals surface area contributed by atoms with Gasteiger partial charge in [-0.05, 0) is 73.3 Å². The van der Waals surface area contributed by atoms with E-state index in [9.17, 15) is 0 Å². The highest BCUT2D eigenvalue weighted by Crippen LogP contribution is 2.38. The molecule has 2 heterocycles. The molecule has 0 radical (unpaired) electrons. The fourth-order valence-corrected chi connectivity index (χ4v) is 10.8. The molecule has 0 bridgehead atoms. The molecule has 0 saturated carbocycles. The third-order valence-electron chi connectivity index (χ3n) is 13.4. The van der Waals surface area contributed by atoms with Crippen LogP contribution in [0.1, 0.15) is 256 Å². The summed E-state index contributed by atoms with van der Waals surface area (Å²) in [5, 5.41) is 22.8. The topological polar surface area (TPSA) is 60.8 Å². The van der Waals surface area contributed by atoms with Gasteiger partial charge in [0.1, 0.15) is 20.0 Å². The van der Waals surface area contributed by atoms with Crippen LogP contribution in [0.4, 0.5) is 0 Å². The molecule has 0 fully saturated rings. The molecule has 0 saturated heterocycles. The largest absolute Gasteiger partial charge is 0.366 e. The van der Waals surface area contributed by atoms with Crippen LogP contribution >= 0.6 is 22.7 Å². The van der Waals surface area contributed by atoms with Crippen LogP contribution in [0.3, 0.4) is 0 Å². The van der Waals surface area contributed by atoms with Crippen molar-refractivity contribution in [1.29, 1.82) is 0 Å². The molecular weight excluding hydrogens is 809 g/mol. The molecule has 2 aromatic heterocycles. The van der Waals surface area contributed by atoms with E-state index in [4.69, 9.17) is 4.74 Å². The van der Waals surface area contributed by atoms with Crippen molar-refractivity contribution in [3.8, 4) is 21.1 Å². The number of hydrogen-bond donors (Lipinski definition) is 0. The quantitative estimate of drug-likeness (QED) is 0.0426. The maximum absolute atomic E-state index is 7.42. The van der Waals surface area contributed by atoms with E-state index in [-0.39, 0.29) is 12.2 Å². The van der Waals surface area contributed by atoms with E-state index < -0.39 is 0 Å². The fourth-order valence-electron chi connectivity index (χ4n) is 8.99. The lowest BCUT2D eigenvalue weighted by Gasteiger charge is -2.27. The van der Waals surface area contributed by atoms with E-state index in [1.807, 2.05) is 0 Å². The Labute approximate surface area is 394 Å². The smallest absolute Gasteiger partial charge is 0.147 e. The van der Waals surface area contributed by atoms with Crippen molar-refractivity contribution in [2.24, 2.45) is 10.8 Å². The SMILES string of the molecule is CCCCCCCc1nnc(-c2ccc(C(CCCCCC(C)(C)CCCC)OC(CCCCCC(C)(C)CCCC)c3ccc(-c4nnc(CCCCCCC)s4)cc3)cc2)s1. The summed E-state index contributed by atoms with van der Waals surface area (Å²) in [5.74, 6) is 0. The molecule has 2 unspecified atom stereocenters. The Bertz CT molecular complexity index is 1620. The van der Waals surface area contributed by atoms with Crippen LogP contribution in [0, 0.1) is 10.8 Å². The molecular formula is C56H90N4OS2. The molecule has 5 nitrogen and oxygen atoms in total. The molecule has 0 aliphatic carbocycles. The Hall–Kier alpha value is -2.48. The fraction of sp³-hybridized carbons (Fsp3) is 0.714. The van der Waals surface area contributed by atoms with Crippen molar-refractivity contribution in [3.63, 3.8) is 0 Å². The summed E-state index contributed by atoms with van der Waals surface area (Å²) in [6.45, 7) is 19.0. The Balaban J connectivity index is 1.51. The Kier molecular flexibility index (Phi) is 25.2. The third kappa shape index (κ3) is 20.7. The molecule has 0 aliphatic heterocycles. The van der Waals surface area contributed by atoms with Crippen molar-refractivity contribution in [2.45, 2.75) is 247 Å². The second-order valence-corrected chi connectivity index (χ2v) is 22.5. The number of ether oxygens (including phenoxy) is 1. The number of nitrogens with zero attached hydrogens (tertiary/aromatic N) is 4. The van der Waals surface area contributed by atoms with Crippen molar-refractivity contribution >= 4 is 22.7 Å². The average Bonchev–Trinajstić information content (AvgIpc) is 3.97. The molecule has 63 heavy (non-hydrogen) atoms. The molecule has 7 heteroatoms. The summed E-state index contributed by atoms with van der Waals surface area (Å²) >= 11 is 3.52. The maximum Gasteiger partial charge on any atom is 0.147 e. The minimum absolute atomic E-state index is 0.0287. The average molecular weight is 899 g/mol. The molecule has 0 spiro atoms. The Morgan fingerprint density at radius 3 is 1.14 bits per heavy atom. The van der Waals surface area contributed by atoms with Crippen molar-refractivity contribution < 1.29 is 4.74 Å². The number of unbranched alkanes of at least 4 members (excludes halogenated alkanes) is 14. The molecule has 2 atom stereocenters. The lowest BCUT2D eigenvalue weighted by atomic mass is 9.82. The number of hydrogen-bond acceptors (Lipinski definition) is 7. The molecule has 0 N–H and O–H groups in total. The minimum Gasteiger partial charge on any atom is -0.366 e. The zero-order valence-corrected chi connectivity index (χ0v) is 43.2. The zero-order valence-electron chi connectivity index (χ0n) is 41.6. The standard InChI is InChI=1S/C56H90N4OS2/c1-9-13-17-19-25-31-51-57-59-53(62-51)47-37-33-45(34-38-47)49(29-23-21-27-43-55(5,6)41-15-11-3)61-50(30-24-22-28-44-56(7,8)42-16-12-4)46-35-39-48(40-36-46)54-60-58-52(63-54)32-26-20-18-14-10-2/h33-40,49-50H,9-32,41-44H2,1-8H3. The molecule has 0 amide bonds. The summed E-state index contributed by atoms with van der Waals surface area (Å²) in [6, 6.07) is 18.3. The van der Waals surface area contributed by atoms with Crippen LogP contribution in [0.25, 0.3) is 21.1 Å². The molecule has 4 aromatic rings. The van der Waals surface area contributed by atoms with Gasteiger partial charge in [0.25, 0.3) is 0 Å². The maximum atomic E-state index is 7.42. The van der Waals surface area contributed by atoms with Gasteiger partial charge in [-0.2, -0.15) is 0 Å². The van der Waals surface area contributed by atoms with Crippen LogP contribution in [0.2, 0.25) is 0 Å².